The predicted octanol–water partition coefficient (Wildman–Crippen LogP) is 0.914. The number of carbonyl (C=O) groups is 2. The van der Waals surface area contributed by atoms with Crippen LogP contribution in [-0.4, -0.2) is 37.6 Å². The number of ether oxygens (including phenoxy) is 1. The fraction of sp³-hybridized carbons (Fsp3) is 0.429. The Balaban J connectivity index is 0.00000220. The Morgan fingerprint density at radius 1 is 1.38 bits per heavy atom. The zero-order valence-corrected chi connectivity index (χ0v) is 12.4. The van der Waals surface area contributed by atoms with Gasteiger partial charge in [0, 0.05) is 30.9 Å². The number of amides is 2. The second kappa shape index (κ2) is 8.61. The maximum Gasteiger partial charge on any atom is 0.253 e. The highest BCUT2D eigenvalue weighted by Gasteiger charge is 2.23. The molecule has 0 bridgehead atoms. The molecular formula is C14H20ClN3O3. The molecule has 2 rings (SSSR count). The van der Waals surface area contributed by atoms with Gasteiger partial charge in [0.15, 0.2) is 0 Å². The van der Waals surface area contributed by atoms with Gasteiger partial charge in [-0.15, -0.1) is 12.4 Å². The second-order valence-electron chi connectivity index (χ2n) is 4.62. The van der Waals surface area contributed by atoms with Crippen molar-refractivity contribution >= 4 is 29.9 Å². The van der Waals surface area contributed by atoms with Crippen LogP contribution in [0.15, 0.2) is 24.3 Å². The molecule has 1 aromatic rings. The molecule has 1 atom stereocenters. The molecule has 4 N–H and O–H groups in total. The molecule has 0 aliphatic carbocycles. The topological polar surface area (TPSA) is 93.5 Å². The van der Waals surface area contributed by atoms with Crippen LogP contribution in [0.1, 0.15) is 23.2 Å². The number of hydrogen-bond donors (Lipinski definition) is 3. The van der Waals surface area contributed by atoms with Crippen molar-refractivity contribution in [2.45, 2.75) is 18.9 Å². The van der Waals surface area contributed by atoms with Gasteiger partial charge in [0.1, 0.15) is 6.10 Å². The molecule has 2 amide bonds. The van der Waals surface area contributed by atoms with Gasteiger partial charge in [-0.05, 0) is 31.0 Å². The number of nitrogens with one attached hydrogen (secondary N) is 2. The van der Waals surface area contributed by atoms with Crippen molar-refractivity contribution in [2.75, 3.05) is 25.0 Å². The Morgan fingerprint density at radius 3 is 2.86 bits per heavy atom. The summed E-state index contributed by atoms with van der Waals surface area (Å²) in [6, 6.07) is 6.79. The Morgan fingerprint density at radius 2 is 2.19 bits per heavy atom. The molecule has 116 valence electrons. The van der Waals surface area contributed by atoms with Crippen LogP contribution in [-0.2, 0) is 9.53 Å². The number of anilines is 1. The number of rotatable bonds is 5. The Kier molecular flexibility index (Phi) is 7.14. The van der Waals surface area contributed by atoms with Gasteiger partial charge < -0.3 is 21.1 Å². The van der Waals surface area contributed by atoms with Crippen LogP contribution >= 0.6 is 12.4 Å². The van der Waals surface area contributed by atoms with E-state index in [-0.39, 0.29) is 30.3 Å². The molecular weight excluding hydrogens is 294 g/mol. The van der Waals surface area contributed by atoms with E-state index in [9.17, 15) is 9.59 Å². The van der Waals surface area contributed by atoms with Gasteiger partial charge in [0.05, 0.1) is 0 Å². The van der Waals surface area contributed by atoms with E-state index in [1.807, 2.05) is 0 Å². The van der Waals surface area contributed by atoms with E-state index in [1.165, 1.54) is 0 Å². The number of halogens is 1. The Bertz CT molecular complexity index is 490. The van der Waals surface area contributed by atoms with E-state index >= 15 is 0 Å². The fourth-order valence-electron chi connectivity index (χ4n) is 2.03. The lowest BCUT2D eigenvalue weighted by atomic mass is 10.1. The summed E-state index contributed by atoms with van der Waals surface area (Å²) in [5, 5.41) is 5.45. The summed E-state index contributed by atoms with van der Waals surface area (Å²) < 4.78 is 5.31. The monoisotopic (exact) mass is 313 g/mol. The summed E-state index contributed by atoms with van der Waals surface area (Å²) >= 11 is 0. The van der Waals surface area contributed by atoms with Gasteiger partial charge in [-0.1, -0.05) is 6.07 Å². The molecule has 6 nitrogen and oxygen atoms in total. The smallest absolute Gasteiger partial charge is 0.253 e. The average Bonchev–Trinajstić information content (AvgIpc) is 2.99. The van der Waals surface area contributed by atoms with Gasteiger partial charge in [-0.3, -0.25) is 9.59 Å². The van der Waals surface area contributed by atoms with Gasteiger partial charge in [-0.25, -0.2) is 0 Å². The average molecular weight is 314 g/mol. The van der Waals surface area contributed by atoms with E-state index < -0.39 is 0 Å². The number of hydrogen-bond acceptors (Lipinski definition) is 4. The highest BCUT2D eigenvalue weighted by Crippen LogP contribution is 2.16. The van der Waals surface area contributed by atoms with Crippen molar-refractivity contribution in [1.29, 1.82) is 0 Å². The molecule has 1 aromatic carbocycles. The molecule has 7 heteroatoms. The number of nitrogens with two attached hydrogens (primary N) is 1. The first-order valence-electron chi connectivity index (χ1n) is 6.71. The third-order valence-corrected chi connectivity index (χ3v) is 3.04. The van der Waals surface area contributed by atoms with Crippen LogP contribution in [0, 0.1) is 0 Å². The summed E-state index contributed by atoms with van der Waals surface area (Å²) in [5.41, 5.74) is 6.41. The summed E-state index contributed by atoms with van der Waals surface area (Å²) in [7, 11) is 0. The normalized spacial score (nSPS) is 16.9. The maximum atomic E-state index is 11.9. The van der Waals surface area contributed by atoms with E-state index in [0.717, 1.165) is 12.8 Å². The standard InChI is InChI=1S/C14H19N3O3.ClH/c15-6-7-16-13(18)10-3-1-4-11(9-10)17-14(19)12-5-2-8-20-12;/h1,3-4,9,12H,2,5-8,15H2,(H,16,18)(H,17,19);1H. The maximum absolute atomic E-state index is 11.9. The summed E-state index contributed by atoms with van der Waals surface area (Å²) in [4.78, 5) is 23.7. The predicted molar refractivity (Wildman–Crippen MR) is 82.7 cm³/mol. The van der Waals surface area contributed by atoms with E-state index in [0.29, 0.717) is 30.9 Å². The zero-order valence-electron chi connectivity index (χ0n) is 11.6. The van der Waals surface area contributed by atoms with Crippen molar-refractivity contribution in [3.8, 4) is 0 Å². The Hall–Kier alpha value is -1.63. The van der Waals surface area contributed by atoms with Crippen LogP contribution in [0.5, 0.6) is 0 Å². The zero-order chi connectivity index (χ0) is 14.4. The number of benzene rings is 1. The molecule has 1 saturated heterocycles. The SMILES string of the molecule is Cl.NCCNC(=O)c1cccc(NC(=O)C2CCCO2)c1. The molecule has 0 spiro atoms. The molecule has 1 heterocycles. The van der Waals surface area contributed by atoms with Crippen LogP contribution < -0.4 is 16.4 Å². The molecule has 0 saturated carbocycles. The third kappa shape index (κ3) is 5.00. The molecule has 0 radical (unpaired) electrons. The van der Waals surface area contributed by atoms with Crippen LogP contribution in [0.4, 0.5) is 5.69 Å². The number of carbonyl (C=O) groups excluding carboxylic acids is 2. The fourth-order valence-corrected chi connectivity index (χ4v) is 2.03. The first-order chi connectivity index (χ1) is 9.70. The summed E-state index contributed by atoms with van der Waals surface area (Å²) in [5.74, 6) is -0.370. The summed E-state index contributed by atoms with van der Waals surface area (Å²) in [6.07, 6.45) is 1.26. The van der Waals surface area contributed by atoms with Gasteiger partial charge in [0.25, 0.3) is 11.8 Å². The lowest BCUT2D eigenvalue weighted by Gasteiger charge is -2.11. The molecule has 1 aliphatic heterocycles. The lowest BCUT2D eigenvalue weighted by molar-refractivity contribution is -0.124. The summed E-state index contributed by atoms with van der Waals surface area (Å²) in [6.45, 7) is 1.44. The van der Waals surface area contributed by atoms with Crippen LogP contribution in [0.25, 0.3) is 0 Å². The van der Waals surface area contributed by atoms with Crippen molar-refractivity contribution in [3.63, 3.8) is 0 Å². The minimum Gasteiger partial charge on any atom is -0.368 e. The highest BCUT2D eigenvalue weighted by atomic mass is 35.5. The first kappa shape index (κ1) is 17.4. The van der Waals surface area contributed by atoms with E-state index in [1.54, 1.807) is 24.3 Å². The second-order valence-corrected chi connectivity index (χ2v) is 4.62. The largest absolute Gasteiger partial charge is 0.368 e. The minimum absolute atomic E-state index is 0. The third-order valence-electron chi connectivity index (χ3n) is 3.04. The van der Waals surface area contributed by atoms with Crippen molar-refractivity contribution in [3.05, 3.63) is 29.8 Å². The van der Waals surface area contributed by atoms with Gasteiger partial charge >= 0.3 is 0 Å². The van der Waals surface area contributed by atoms with Crippen molar-refractivity contribution < 1.29 is 14.3 Å². The molecule has 1 unspecified atom stereocenters. The van der Waals surface area contributed by atoms with Crippen molar-refractivity contribution in [1.82, 2.24) is 5.32 Å². The molecule has 1 fully saturated rings. The molecule has 21 heavy (non-hydrogen) atoms. The molecule has 0 aromatic heterocycles. The first-order valence-corrected chi connectivity index (χ1v) is 6.71. The highest BCUT2D eigenvalue weighted by molar-refractivity contribution is 5.98. The quantitative estimate of drug-likeness (QED) is 0.753. The van der Waals surface area contributed by atoms with Crippen LogP contribution in [0.2, 0.25) is 0 Å². The lowest BCUT2D eigenvalue weighted by Crippen LogP contribution is -2.29. The molecule has 1 aliphatic rings. The van der Waals surface area contributed by atoms with Crippen molar-refractivity contribution in [2.24, 2.45) is 5.73 Å². The Labute approximate surface area is 129 Å². The van der Waals surface area contributed by atoms with Crippen LogP contribution in [0.3, 0.4) is 0 Å². The van der Waals surface area contributed by atoms with E-state index in [4.69, 9.17) is 10.5 Å². The minimum atomic E-state index is -0.385. The van der Waals surface area contributed by atoms with Gasteiger partial charge in [0.2, 0.25) is 0 Å². The van der Waals surface area contributed by atoms with E-state index in [2.05, 4.69) is 10.6 Å². The van der Waals surface area contributed by atoms with Gasteiger partial charge in [-0.2, -0.15) is 0 Å².